The molecule has 5 nitrogen and oxygen atoms in total. The number of aromatic nitrogens is 3. The van der Waals surface area contributed by atoms with Gasteiger partial charge in [0.05, 0.1) is 0 Å². The van der Waals surface area contributed by atoms with Crippen LogP contribution in [0.5, 0.6) is 5.75 Å². The molecule has 0 spiro atoms. The Morgan fingerprint density at radius 2 is 0.949 bits per heavy atom. The molecule has 6 aromatic rings. The molecule has 0 unspecified atom stereocenters. The second kappa shape index (κ2) is 11.1. The van der Waals surface area contributed by atoms with Crippen molar-refractivity contribution in [3.8, 4) is 62.2 Å². The van der Waals surface area contributed by atoms with Crippen LogP contribution in [0.15, 0.2) is 133 Å². The van der Waals surface area contributed by atoms with Crippen molar-refractivity contribution < 1.29 is 9.68 Å². The summed E-state index contributed by atoms with van der Waals surface area (Å²) in [4.78, 5) is 14.7. The molecule has 0 aliphatic rings. The van der Waals surface area contributed by atoms with E-state index in [9.17, 15) is 0 Å². The van der Waals surface area contributed by atoms with E-state index in [4.69, 9.17) is 24.6 Å². The average Bonchev–Trinajstić information content (AvgIpc) is 3.02. The van der Waals surface area contributed by atoms with Gasteiger partial charge in [-0.15, -0.1) is 0 Å². The van der Waals surface area contributed by atoms with E-state index in [2.05, 4.69) is 42.5 Å². The first-order chi connectivity index (χ1) is 19.3. The van der Waals surface area contributed by atoms with Gasteiger partial charge >= 0.3 is 7.69 Å². The van der Waals surface area contributed by atoms with Crippen molar-refractivity contribution in [1.29, 1.82) is 0 Å². The van der Waals surface area contributed by atoms with Gasteiger partial charge in [0.25, 0.3) is 0 Å². The topological polar surface area (TPSA) is 68.1 Å². The first-order valence-corrected chi connectivity index (χ1v) is 12.6. The van der Waals surface area contributed by atoms with Crippen LogP contribution >= 0.6 is 0 Å². The smallest absolute Gasteiger partial charge is 0.537 e. The van der Waals surface area contributed by atoms with Gasteiger partial charge in [0, 0.05) is 16.7 Å². The van der Waals surface area contributed by atoms with Gasteiger partial charge in [-0.2, -0.15) is 0 Å². The van der Waals surface area contributed by atoms with E-state index < -0.39 is 0 Å². The fraction of sp³-hybridized carbons (Fsp3) is 0. The largest absolute Gasteiger partial charge is 0.569 e. The minimum Gasteiger partial charge on any atom is -0.537 e. The van der Waals surface area contributed by atoms with Crippen molar-refractivity contribution in [2.24, 2.45) is 0 Å². The molecule has 6 rings (SSSR count). The van der Waals surface area contributed by atoms with E-state index in [-0.39, 0.29) is 0 Å². The Balaban J connectivity index is 1.50. The van der Waals surface area contributed by atoms with Crippen molar-refractivity contribution in [3.05, 3.63) is 133 Å². The predicted octanol–water partition coefficient (Wildman–Crippen LogP) is 7.11. The molecule has 6 heteroatoms. The summed E-state index contributed by atoms with van der Waals surface area (Å²) in [6, 6.07) is 44.1. The molecule has 0 amide bonds. The van der Waals surface area contributed by atoms with E-state index >= 15 is 0 Å². The predicted molar refractivity (Wildman–Crippen MR) is 156 cm³/mol. The second-order valence-electron chi connectivity index (χ2n) is 8.91. The van der Waals surface area contributed by atoms with Crippen LogP contribution in [0.25, 0.3) is 56.4 Å². The highest BCUT2D eigenvalue weighted by atomic mass is 16.5. The molecule has 0 bridgehead atoms. The number of rotatable bonds is 7. The summed E-state index contributed by atoms with van der Waals surface area (Å²) in [7, 11) is 0.660. The van der Waals surface area contributed by atoms with Gasteiger partial charge < -0.3 is 9.68 Å². The number of hydrogen-bond donors (Lipinski definition) is 1. The maximum absolute atomic E-state index is 9.12. The summed E-state index contributed by atoms with van der Waals surface area (Å²) in [6.07, 6.45) is 0. The average molecular weight is 504 g/mol. The van der Waals surface area contributed by atoms with Gasteiger partial charge in [-0.25, -0.2) is 15.0 Å². The summed E-state index contributed by atoms with van der Waals surface area (Å²) in [5.41, 5.74) is 6.92. The third-order valence-corrected chi connectivity index (χ3v) is 6.42. The summed E-state index contributed by atoms with van der Waals surface area (Å²) >= 11 is 0. The molecule has 5 aromatic carbocycles. The van der Waals surface area contributed by atoms with Crippen molar-refractivity contribution >= 4 is 7.69 Å². The summed E-state index contributed by atoms with van der Waals surface area (Å²) in [5.74, 6) is 2.13. The monoisotopic (exact) mass is 504 g/mol. The van der Waals surface area contributed by atoms with Crippen LogP contribution in [0.2, 0.25) is 0 Å². The van der Waals surface area contributed by atoms with E-state index in [1.54, 1.807) is 12.1 Å². The van der Waals surface area contributed by atoms with E-state index in [0.717, 1.165) is 38.9 Å². The van der Waals surface area contributed by atoms with Gasteiger partial charge in [-0.1, -0.05) is 121 Å². The summed E-state index contributed by atoms with van der Waals surface area (Å²) < 4.78 is 5.19. The number of benzene rings is 5. The Bertz CT molecular complexity index is 1710. The Labute approximate surface area is 227 Å². The molecule has 185 valence electrons. The van der Waals surface area contributed by atoms with Crippen LogP contribution in [0.3, 0.4) is 0 Å². The third-order valence-electron chi connectivity index (χ3n) is 6.42. The lowest BCUT2D eigenvalue weighted by molar-refractivity contribution is 0.454. The van der Waals surface area contributed by atoms with Gasteiger partial charge in [-0.3, -0.25) is 0 Å². The van der Waals surface area contributed by atoms with Crippen LogP contribution in [-0.4, -0.2) is 27.7 Å². The minimum absolute atomic E-state index is 0.482. The first-order valence-electron chi connectivity index (χ1n) is 12.6. The molecule has 0 atom stereocenters. The Morgan fingerprint density at radius 3 is 1.64 bits per heavy atom. The maximum Gasteiger partial charge on any atom is 0.569 e. The number of hydrogen-bond acceptors (Lipinski definition) is 5. The zero-order valence-electron chi connectivity index (χ0n) is 21.0. The molecule has 1 aromatic heterocycles. The maximum atomic E-state index is 9.12. The van der Waals surface area contributed by atoms with Gasteiger partial charge in [0.15, 0.2) is 17.5 Å². The lowest BCUT2D eigenvalue weighted by Gasteiger charge is -2.12. The molecule has 1 heterocycles. The lowest BCUT2D eigenvalue weighted by atomic mass is 9.99. The Kier molecular flexibility index (Phi) is 6.93. The molecular weight excluding hydrogens is 481 g/mol. The number of nitrogens with zero attached hydrogens (tertiary/aromatic N) is 3. The summed E-state index contributed by atoms with van der Waals surface area (Å²) in [5, 5.41) is 9.12. The van der Waals surface area contributed by atoms with Crippen LogP contribution in [0.4, 0.5) is 0 Å². The van der Waals surface area contributed by atoms with Crippen LogP contribution in [-0.2, 0) is 0 Å². The van der Waals surface area contributed by atoms with Crippen molar-refractivity contribution in [2.45, 2.75) is 0 Å². The van der Waals surface area contributed by atoms with Crippen molar-refractivity contribution in [1.82, 2.24) is 15.0 Å². The fourth-order valence-corrected chi connectivity index (χ4v) is 4.51. The quantitative estimate of drug-likeness (QED) is 0.235. The van der Waals surface area contributed by atoms with Gasteiger partial charge in [0.1, 0.15) is 5.75 Å². The fourth-order valence-electron chi connectivity index (χ4n) is 4.51. The third kappa shape index (κ3) is 5.32. The van der Waals surface area contributed by atoms with Gasteiger partial charge in [-0.05, 0) is 34.4 Å². The Hall–Kier alpha value is -5.07. The molecule has 0 saturated carbocycles. The van der Waals surface area contributed by atoms with Crippen molar-refractivity contribution in [2.75, 3.05) is 0 Å². The van der Waals surface area contributed by atoms with E-state index in [1.165, 1.54) is 0 Å². The standard InChI is InChI=1S/C33H23BN3O2/c38-34-39-28-15-9-14-27(22-28)32-35-31(26-20-18-24(19-21-26)23-10-3-1-4-11-23)36-33(37-32)30-17-8-7-16-29(30)25-12-5-2-6-13-25/h1-22,38H. The molecule has 0 fully saturated rings. The minimum atomic E-state index is 0.482. The molecular formula is C33H23BN3O2. The molecule has 0 aliphatic carbocycles. The molecule has 1 radical (unpaired) electrons. The summed E-state index contributed by atoms with van der Waals surface area (Å²) in [6.45, 7) is 0. The van der Waals surface area contributed by atoms with Crippen LogP contribution in [0, 0.1) is 0 Å². The Morgan fingerprint density at radius 1 is 0.436 bits per heavy atom. The highest BCUT2D eigenvalue weighted by molar-refractivity contribution is 6.17. The second-order valence-corrected chi connectivity index (χ2v) is 8.91. The zero-order valence-corrected chi connectivity index (χ0v) is 21.0. The first kappa shape index (κ1) is 24.3. The van der Waals surface area contributed by atoms with Crippen LogP contribution < -0.4 is 4.65 Å². The highest BCUT2D eigenvalue weighted by Crippen LogP contribution is 2.33. The molecule has 39 heavy (non-hydrogen) atoms. The molecule has 1 N–H and O–H groups in total. The molecule has 0 saturated heterocycles. The normalized spacial score (nSPS) is 10.7. The van der Waals surface area contributed by atoms with E-state index in [0.29, 0.717) is 30.9 Å². The van der Waals surface area contributed by atoms with Crippen molar-refractivity contribution in [3.63, 3.8) is 0 Å². The zero-order chi connectivity index (χ0) is 26.4. The molecule has 0 aliphatic heterocycles. The van der Waals surface area contributed by atoms with Gasteiger partial charge in [0.2, 0.25) is 0 Å². The highest BCUT2D eigenvalue weighted by Gasteiger charge is 2.16. The van der Waals surface area contributed by atoms with Crippen LogP contribution in [0.1, 0.15) is 0 Å². The van der Waals surface area contributed by atoms with E-state index in [1.807, 2.05) is 78.9 Å². The lowest BCUT2D eigenvalue weighted by Crippen LogP contribution is -2.02. The SMILES string of the molecule is O[B]Oc1cccc(-c2nc(-c3ccc(-c4ccccc4)cc3)nc(-c3ccccc3-c3ccccc3)n2)c1.